The maximum absolute atomic E-state index is 6.29. The Balaban J connectivity index is 1.78. The Morgan fingerprint density at radius 2 is 1.83 bits per heavy atom. The summed E-state index contributed by atoms with van der Waals surface area (Å²) < 4.78 is 0. The third-order valence-corrected chi connectivity index (χ3v) is 4.48. The number of guanidine groups is 1. The number of aryl methyl sites for hydroxylation is 3. The summed E-state index contributed by atoms with van der Waals surface area (Å²) >= 11 is 11.7. The topological polar surface area (TPSA) is 87.1 Å². The average Bonchev–Trinajstić information content (AvgIpc) is 2.68. The molecule has 2 aromatic heterocycles. The van der Waals surface area contributed by atoms with Crippen LogP contribution in [0.1, 0.15) is 22.5 Å². The summed E-state index contributed by atoms with van der Waals surface area (Å²) in [6.07, 6.45) is 3.48. The van der Waals surface area contributed by atoms with Crippen LogP contribution in [0, 0.1) is 20.8 Å². The van der Waals surface area contributed by atoms with Crippen LogP contribution in [0.3, 0.4) is 0 Å². The van der Waals surface area contributed by atoms with E-state index in [0.717, 1.165) is 22.5 Å². The largest absolute Gasteiger partial charge is 0.331 e. The van der Waals surface area contributed by atoms with Gasteiger partial charge in [0.15, 0.2) is 5.11 Å². The number of benzene rings is 1. The van der Waals surface area contributed by atoms with Gasteiger partial charge in [-0.1, -0.05) is 23.7 Å². The van der Waals surface area contributed by atoms with Gasteiger partial charge in [-0.3, -0.25) is 10.3 Å². The molecule has 3 N–H and O–H groups in total. The summed E-state index contributed by atoms with van der Waals surface area (Å²) in [7, 11) is 0. The molecule has 0 atom stereocenters. The molecule has 3 aromatic rings. The fraction of sp³-hybridized carbons (Fsp3) is 0.190. The minimum absolute atomic E-state index is 0.336. The van der Waals surface area contributed by atoms with Gasteiger partial charge in [-0.2, -0.15) is 0 Å². The van der Waals surface area contributed by atoms with E-state index in [9.17, 15) is 0 Å². The van der Waals surface area contributed by atoms with Crippen molar-refractivity contribution in [1.29, 1.82) is 0 Å². The predicted molar refractivity (Wildman–Crippen MR) is 126 cm³/mol. The second-order valence-corrected chi connectivity index (χ2v) is 7.50. The highest BCUT2D eigenvalue weighted by Crippen LogP contribution is 2.22. The molecule has 0 spiro atoms. The molecule has 0 unspecified atom stereocenters. The molecule has 0 saturated heterocycles. The van der Waals surface area contributed by atoms with E-state index in [1.54, 1.807) is 12.4 Å². The predicted octanol–water partition coefficient (Wildman–Crippen LogP) is 4.40. The van der Waals surface area contributed by atoms with Gasteiger partial charge in [0.1, 0.15) is 0 Å². The van der Waals surface area contributed by atoms with Crippen molar-refractivity contribution in [3.63, 3.8) is 0 Å². The highest BCUT2D eigenvalue weighted by atomic mass is 35.5. The minimum Gasteiger partial charge on any atom is -0.331 e. The number of thiocarbonyl (C=S) groups is 1. The number of rotatable bonds is 4. The van der Waals surface area contributed by atoms with Gasteiger partial charge >= 0.3 is 0 Å². The zero-order valence-electron chi connectivity index (χ0n) is 16.9. The van der Waals surface area contributed by atoms with Gasteiger partial charge in [0, 0.05) is 23.8 Å². The molecule has 3 rings (SSSR count). The van der Waals surface area contributed by atoms with Crippen LogP contribution < -0.4 is 16.0 Å². The summed E-state index contributed by atoms with van der Waals surface area (Å²) in [6, 6.07) is 11.4. The second kappa shape index (κ2) is 10.1. The van der Waals surface area contributed by atoms with Crippen LogP contribution in [-0.2, 0) is 6.54 Å². The highest BCUT2D eigenvalue weighted by Gasteiger charge is 2.09. The van der Waals surface area contributed by atoms with Gasteiger partial charge < -0.3 is 10.6 Å². The normalized spacial score (nSPS) is 11.1. The Labute approximate surface area is 186 Å². The molecule has 0 saturated carbocycles. The van der Waals surface area contributed by atoms with Gasteiger partial charge in [0.05, 0.1) is 17.3 Å². The maximum Gasteiger partial charge on any atom is 0.229 e. The Morgan fingerprint density at radius 1 is 1.07 bits per heavy atom. The Hall–Kier alpha value is -3.10. The van der Waals surface area contributed by atoms with Crippen LogP contribution >= 0.6 is 23.8 Å². The van der Waals surface area contributed by atoms with Crippen molar-refractivity contribution in [2.24, 2.45) is 4.99 Å². The lowest BCUT2D eigenvalue weighted by atomic mass is 10.2. The monoisotopic (exact) mass is 439 g/mol. The van der Waals surface area contributed by atoms with Crippen LogP contribution in [0.2, 0.25) is 5.02 Å². The van der Waals surface area contributed by atoms with Crippen molar-refractivity contribution in [3.8, 4) is 0 Å². The van der Waals surface area contributed by atoms with Crippen molar-refractivity contribution in [2.75, 3.05) is 10.6 Å². The summed E-state index contributed by atoms with van der Waals surface area (Å²) in [5.74, 6) is 0.839. The van der Waals surface area contributed by atoms with Crippen LogP contribution in [-0.4, -0.2) is 26.0 Å². The van der Waals surface area contributed by atoms with E-state index < -0.39 is 0 Å². The maximum atomic E-state index is 6.29. The first-order chi connectivity index (χ1) is 14.4. The van der Waals surface area contributed by atoms with Crippen molar-refractivity contribution >= 4 is 46.5 Å². The first-order valence-electron chi connectivity index (χ1n) is 9.26. The summed E-state index contributed by atoms with van der Waals surface area (Å²) in [6.45, 7) is 6.20. The average molecular weight is 440 g/mol. The van der Waals surface area contributed by atoms with E-state index >= 15 is 0 Å². The van der Waals surface area contributed by atoms with Crippen LogP contribution in [0.5, 0.6) is 0 Å². The van der Waals surface area contributed by atoms with Crippen molar-refractivity contribution in [3.05, 3.63) is 76.3 Å². The lowest BCUT2D eigenvalue weighted by molar-refractivity contribution is 1.02. The number of pyridine rings is 1. The van der Waals surface area contributed by atoms with Crippen LogP contribution in [0.15, 0.2) is 53.8 Å². The van der Waals surface area contributed by atoms with Gasteiger partial charge in [-0.15, -0.1) is 0 Å². The number of hydrogen-bond acceptors (Lipinski definition) is 5. The van der Waals surface area contributed by atoms with E-state index in [2.05, 4.69) is 35.9 Å². The standard InChI is InChI=1S/C21H22ClN7S/c1-13-6-7-18(17(22)9-13)27-21(30)29-19(24-12-16-5-4-8-23-11-16)28-20-25-14(2)10-15(3)26-20/h4-11H,12H2,1-3H3,(H3,24,25,26,27,28,29,30). The fourth-order valence-corrected chi connectivity index (χ4v) is 3.13. The van der Waals surface area contributed by atoms with Gasteiger partial charge in [0.2, 0.25) is 11.9 Å². The molecule has 2 heterocycles. The molecular weight excluding hydrogens is 418 g/mol. The molecule has 7 nitrogen and oxygen atoms in total. The number of aromatic nitrogens is 3. The number of aliphatic imine (C=N–C) groups is 1. The van der Waals surface area contributed by atoms with E-state index in [1.807, 2.05) is 57.2 Å². The molecule has 0 fully saturated rings. The van der Waals surface area contributed by atoms with E-state index in [4.69, 9.17) is 23.8 Å². The Bertz CT molecular complexity index is 1050. The fourth-order valence-electron chi connectivity index (χ4n) is 2.64. The molecule has 0 aliphatic rings. The number of nitrogens with zero attached hydrogens (tertiary/aromatic N) is 4. The SMILES string of the molecule is Cc1ccc(NC(=S)NC(=NCc2cccnc2)Nc2nc(C)cc(C)n2)c(Cl)c1. The van der Waals surface area contributed by atoms with E-state index in [1.165, 1.54) is 0 Å². The lowest BCUT2D eigenvalue weighted by Gasteiger charge is -2.15. The summed E-state index contributed by atoms with van der Waals surface area (Å²) in [5.41, 5.74) is 4.43. The molecule has 0 aliphatic heterocycles. The number of hydrogen-bond donors (Lipinski definition) is 3. The smallest absolute Gasteiger partial charge is 0.229 e. The van der Waals surface area contributed by atoms with Crippen molar-refractivity contribution in [1.82, 2.24) is 20.3 Å². The van der Waals surface area contributed by atoms with Crippen molar-refractivity contribution < 1.29 is 0 Å². The highest BCUT2D eigenvalue weighted by molar-refractivity contribution is 7.80. The molecule has 0 amide bonds. The number of anilines is 2. The first-order valence-corrected chi connectivity index (χ1v) is 10.0. The third-order valence-electron chi connectivity index (χ3n) is 3.96. The van der Waals surface area contributed by atoms with Crippen LogP contribution in [0.25, 0.3) is 0 Å². The number of halogens is 1. The number of nitrogens with one attached hydrogen (secondary N) is 3. The Kier molecular flexibility index (Phi) is 7.26. The molecule has 0 radical (unpaired) electrons. The van der Waals surface area contributed by atoms with Crippen LogP contribution in [0.4, 0.5) is 11.6 Å². The van der Waals surface area contributed by atoms with Gasteiger partial charge in [0.25, 0.3) is 0 Å². The quantitative estimate of drug-likeness (QED) is 0.315. The lowest BCUT2D eigenvalue weighted by Crippen LogP contribution is -2.39. The second-order valence-electron chi connectivity index (χ2n) is 6.69. The van der Waals surface area contributed by atoms with Crippen molar-refractivity contribution in [2.45, 2.75) is 27.3 Å². The third kappa shape index (κ3) is 6.47. The zero-order valence-corrected chi connectivity index (χ0v) is 18.5. The summed E-state index contributed by atoms with van der Waals surface area (Å²) in [5, 5.41) is 10.2. The zero-order chi connectivity index (χ0) is 21.5. The minimum atomic E-state index is 0.336. The molecule has 0 aliphatic carbocycles. The molecular formula is C21H22ClN7S. The van der Waals surface area contributed by atoms with Gasteiger partial charge in [-0.25, -0.2) is 15.0 Å². The molecule has 1 aromatic carbocycles. The molecule has 154 valence electrons. The van der Waals surface area contributed by atoms with E-state index in [-0.39, 0.29) is 0 Å². The molecule has 9 heteroatoms. The molecule has 30 heavy (non-hydrogen) atoms. The van der Waals surface area contributed by atoms with E-state index in [0.29, 0.717) is 34.3 Å². The van der Waals surface area contributed by atoms with Gasteiger partial charge in [-0.05, 0) is 68.4 Å². The Morgan fingerprint density at radius 3 is 2.50 bits per heavy atom. The molecule has 0 bridgehead atoms. The first kappa shape index (κ1) is 21.6. The summed E-state index contributed by atoms with van der Waals surface area (Å²) in [4.78, 5) is 17.5.